The van der Waals surface area contributed by atoms with Gasteiger partial charge >= 0.3 is 0 Å². The molecule has 0 fully saturated rings. The second-order valence-corrected chi connectivity index (χ2v) is 4.32. The molecular formula is C14H19NO2. The normalized spacial score (nSPS) is 12.0. The van der Waals surface area contributed by atoms with Crippen LogP contribution in [-0.4, -0.2) is 18.7 Å². The van der Waals surface area contributed by atoms with Crippen LogP contribution in [0.25, 0.3) is 0 Å². The van der Waals surface area contributed by atoms with Crippen molar-refractivity contribution in [1.82, 2.24) is 0 Å². The summed E-state index contributed by atoms with van der Waals surface area (Å²) in [5, 5.41) is 0. The Morgan fingerprint density at radius 1 is 1.24 bits per heavy atom. The highest BCUT2D eigenvalue weighted by atomic mass is 16.2. The lowest BCUT2D eigenvalue weighted by Gasteiger charge is -2.17. The summed E-state index contributed by atoms with van der Waals surface area (Å²) in [6.45, 7) is 5.59. The molecule has 3 nitrogen and oxygen atoms in total. The molecule has 0 heterocycles. The van der Waals surface area contributed by atoms with Gasteiger partial charge < -0.3 is 4.90 Å². The van der Waals surface area contributed by atoms with Crippen LogP contribution in [0.5, 0.6) is 0 Å². The molecule has 0 aliphatic rings. The van der Waals surface area contributed by atoms with Crippen LogP contribution in [0.2, 0.25) is 0 Å². The van der Waals surface area contributed by atoms with Crippen LogP contribution in [0, 0.1) is 0 Å². The number of carbonyl (C=O) groups is 2. The SMILES string of the molecule is CCC(C)c1ccc(N(C)C(=O)C(C)=O)cc1. The Kier molecular flexibility index (Phi) is 4.44. The van der Waals surface area contributed by atoms with Gasteiger partial charge in [-0.2, -0.15) is 0 Å². The van der Waals surface area contributed by atoms with Crippen molar-refractivity contribution in [3.63, 3.8) is 0 Å². The van der Waals surface area contributed by atoms with E-state index in [1.54, 1.807) is 7.05 Å². The van der Waals surface area contributed by atoms with Crippen LogP contribution in [0.4, 0.5) is 5.69 Å². The quantitative estimate of drug-likeness (QED) is 0.750. The van der Waals surface area contributed by atoms with Gasteiger partial charge in [-0.05, 0) is 30.0 Å². The van der Waals surface area contributed by atoms with Crippen LogP contribution >= 0.6 is 0 Å². The first-order chi connectivity index (χ1) is 7.97. The molecule has 0 radical (unpaired) electrons. The lowest BCUT2D eigenvalue weighted by Crippen LogP contribution is -2.31. The highest BCUT2D eigenvalue weighted by molar-refractivity contribution is 6.40. The van der Waals surface area contributed by atoms with Crippen LogP contribution < -0.4 is 4.90 Å². The van der Waals surface area contributed by atoms with E-state index in [2.05, 4.69) is 13.8 Å². The van der Waals surface area contributed by atoms with Gasteiger partial charge in [-0.25, -0.2) is 0 Å². The molecule has 0 aliphatic carbocycles. The predicted molar refractivity (Wildman–Crippen MR) is 69.2 cm³/mol. The number of rotatable bonds is 4. The summed E-state index contributed by atoms with van der Waals surface area (Å²) in [5.74, 6) is -0.419. The number of hydrogen-bond donors (Lipinski definition) is 0. The summed E-state index contributed by atoms with van der Waals surface area (Å²) in [7, 11) is 1.61. The third-order valence-electron chi connectivity index (χ3n) is 3.07. The van der Waals surface area contributed by atoms with E-state index >= 15 is 0 Å². The lowest BCUT2D eigenvalue weighted by molar-refractivity contribution is -0.134. The van der Waals surface area contributed by atoms with Crippen molar-refractivity contribution in [1.29, 1.82) is 0 Å². The van der Waals surface area contributed by atoms with Crippen molar-refractivity contribution in [2.75, 3.05) is 11.9 Å². The molecule has 1 amide bonds. The van der Waals surface area contributed by atoms with E-state index in [-0.39, 0.29) is 0 Å². The van der Waals surface area contributed by atoms with E-state index in [4.69, 9.17) is 0 Å². The molecule has 0 aromatic heterocycles. The first-order valence-electron chi connectivity index (χ1n) is 5.86. The zero-order valence-corrected chi connectivity index (χ0v) is 10.9. The van der Waals surface area contributed by atoms with E-state index in [0.717, 1.165) is 12.1 Å². The Bertz CT molecular complexity index is 409. The smallest absolute Gasteiger partial charge is 0.293 e. The topological polar surface area (TPSA) is 37.4 Å². The molecule has 1 rings (SSSR count). The molecule has 1 unspecified atom stereocenters. The average Bonchev–Trinajstić information content (AvgIpc) is 2.36. The Hall–Kier alpha value is -1.64. The Morgan fingerprint density at radius 2 is 1.76 bits per heavy atom. The minimum atomic E-state index is -0.485. The molecule has 0 aliphatic heterocycles. The van der Waals surface area contributed by atoms with Gasteiger partial charge in [-0.15, -0.1) is 0 Å². The van der Waals surface area contributed by atoms with Gasteiger partial charge in [0.25, 0.3) is 5.91 Å². The summed E-state index contributed by atoms with van der Waals surface area (Å²) in [5.41, 5.74) is 2.00. The highest BCUT2D eigenvalue weighted by Gasteiger charge is 2.15. The third kappa shape index (κ3) is 3.16. The monoisotopic (exact) mass is 233 g/mol. The first kappa shape index (κ1) is 13.4. The largest absolute Gasteiger partial charge is 0.309 e. The van der Waals surface area contributed by atoms with Crippen molar-refractivity contribution in [3.8, 4) is 0 Å². The zero-order chi connectivity index (χ0) is 13.0. The minimum Gasteiger partial charge on any atom is -0.309 e. The summed E-state index contributed by atoms with van der Waals surface area (Å²) in [4.78, 5) is 23.9. The number of benzene rings is 1. The number of ketones is 1. The number of Topliss-reactive ketones (excluding diaryl/α,β-unsaturated/α-hetero) is 1. The fourth-order valence-corrected chi connectivity index (χ4v) is 1.62. The molecular weight excluding hydrogens is 214 g/mol. The number of amides is 1. The molecule has 92 valence electrons. The average molecular weight is 233 g/mol. The summed E-state index contributed by atoms with van der Waals surface area (Å²) in [6.07, 6.45) is 1.08. The summed E-state index contributed by atoms with van der Waals surface area (Å²) < 4.78 is 0. The number of likely N-dealkylation sites (N-methyl/N-ethyl adjacent to an activating group) is 1. The minimum absolute atomic E-state index is 0.446. The summed E-state index contributed by atoms with van der Waals surface area (Å²) >= 11 is 0. The van der Waals surface area contributed by atoms with Crippen molar-refractivity contribution in [2.24, 2.45) is 0 Å². The number of hydrogen-bond acceptors (Lipinski definition) is 2. The van der Waals surface area contributed by atoms with Gasteiger partial charge in [0.05, 0.1) is 0 Å². The number of nitrogens with zero attached hydrogens (tertiary/aromatic N) is 1. The molecule has 1 aromatic rings. The number of anilines is 1. The molecule has 0 spiro atoms. The van der Waals surface area contributed by atoms with Gasteiger partial charge in [-0.3, -0.25) is 9.59 Å². The lowest BCUT2D eigenvalue weighted by atomic mass is 9.98. The second-order valence-electron chi connectivity index (χ2n) is 4.32. The van der Waals surface area contributed by atoms with Gasteiger partial charge in [0.1, 0.15) is 0 Å². The predicted octanol–water partition coefficient (Wildman–Crippen LogP) is 2.75. The molecule has 0 saturated carbocycles. The van der Waals surface area contributed by atoms with E-state index in [9.17, 15) is 9.59 Å². The number of carbonyl (C=O) groups excluding carboxylic acids is 2. The van der Waals surface area contributed by atoms with Crippen molar-refractivity contribution < 1.29 is 9.59 Å². The fraction of sp³-hybridized carbons (Fsp3) is 0.429. The van der Waals surface area contributed by atoms with Gasteiger partial charge in [0.2, 0.25) is 5.78 Å². The molecule has 0 N–H and O–H groups in total. The standard InChI is InChI=1S/C14H19NO2/c1-5-10(2)12-6-8-13(9-7-12)15(4)14(17)11(3)16/h6-10H,5H2,1-4H3. The van der Waals surface area contributed by atoms with Crippen LogP contribution in [0.3, 0.4) is 0 Å². The zero-order valence-electron chi connectivity index (χ0n) is 10.9. The van der Waals surface area contributed by atoms with Crippen LogP contribution in [0.1, 0.15) is 38.7 Å². The molecule has 17 heavy (non-hydrogen) atoms. The molecule has 1 atom stereocenters. The third-order valence-corrected chi connectivity index (χ3v) is 3.07. The van der Waals surface area contributed by atoms with E-state index in [1.807, 2.05) is 24.3 Å². The molecule has 0 bridgehead atoms. The molecule has 0 saturated heterocycles. The molecule has 3 heteroatoms. The summed E-state index contributed by atoms with van der Waals surface area (Å²) in [6, 6.07) is 7.77. The maximum atomic E-state index is 11.5. The van der Waals surface area contributed by atoms with E-state index in [0.29, 0.717) is 5.92 Å². The van der Waals surface area contributed by atoms with Crippen molar-refractivity contribution in [2.45, 2.75) is 33.1 Å². The Labute approximate surface area is 102 Å². The van der Waals surface area contributed by atoms with Gasteiger partial charge in [0, 0.05) is 19.7 Å². The first-order valence-corrected chi connectivity index (χ1v) is 5.86. The van der Waals surface area contributed by atoms with Crippen molar-refractivity contribution in [3.05, 3.63) is 29.8 Å². The maximum absolute atomic E-state index is 11.5. The van der Waals surface area contributed by atoms with Gasteiger partial charge in [0.15, 0.2) is 0 Å². The van der Waals surface area contributed by atoms with Crippen LogP contribution in [0.15, 0.2) is 24.3 Å². The van der Waals surface area contributed by atoms with Gasteiger partial charge in [-0.1, -0.05) is 26.0 Å². The van der Waals surface area contributed by atoms with Crippen LogP contribution in [-0.2, 0) is 9.59 Å². The highest BCUT2D eigenvalue weighted by Crippen LogP contribution is 2.21. The Balaban J connectivity index is 2.87. The Morgan fingerprint density at radius 3 is 2.18 bits per heavy atom. The van der Waals surface area contributed by atoms with Crippen molar-refractivity contribution >= 4 is 17.4 Å². The molecule has 1 aromatic carbocycles. The van der Waals surface area contributed by atoms with E-state index < -0.39 is 11.7 Å². The van der Waals surface area contributed by atoms with E-state index in [1.165, 1.54) is 17.4 Å². The fourth-order valence-electron chi connectivity index (χ4n) is 1.62. The maximum Gasteiger partial charge on any atom is 0.293 e. The second kappa shape index (κ2) is 5.62.